The minimum absolute atomic E-state index is 0.118. The molecular formula is C19H24F2N4OS2. The Morgan fingerprint density at radius 1 is 1.18 bits per heavy atom. The highest BCUT2D eigenvalue weighted by Gasteiger charge is 2.24. The second-order valence-electron chi connectivity index (χ2n) is 6.61. The Balaban J connectivity index is 1.54. The molecule has 1 aromatic carbocycles. The van der Waals surface area contributed by atoms with E-state index >= 15 is 0 Å². The third-order valence-electron chi connectivity index (χ3n) is 4.64. The van der Waals surface area contributed by atoms with Crippen molar-refractivity contribution in [1.29, 1.82) is 0 Å². The lowest BCUT2D eigenvalue weighted by molar-refractivity contribution is -0.0498. The molecule has 1 aliphatic rings. The summed E-state index contributed by atoms with van der Waals surface area (Å²) < 4.78 is 28.8. The molecule has 2 heterocycles. The van der Waals surface area contributed by atoms with Crippen molar-refractivity contribution < 1.29 is 13.5 Å². The summed E-state index contributed by atoms with van der Waals surface area (Å²) in [6, 6.07) is 10.8. The Morgan fingerprint density at radius 3 is 2.50 bits per heavy atom. The van der Waals surface area contributed by atoms with Crippen molar-refractivity contribution in [3.63, 3.8) is 0 Å². The van der Waals surface area contributed by atoms with Crippen LogP contribution in [0.15, 0.2) is 41.8 Å². The van der Waals surface area contributed by atoms with Crippen molar-refractivity contribution in [3.8, 4) is 5.75 Å². The lowest BCUT2D eigenvalue weighted by Crippen LogP contribution is -2.48. The number of benzene rings is 1. The first-order chi connectivity index (χ1) is 13.5. The van der Waals surface area contributed by atoms with Gasteiger partial charge in [-0.25, -0.2) is 0 Å². The zero-order valence-corrected chi connectivity index (χ0v) is 17.2. The third kappa shape index (κ3) is 6.10. The zero-order chi connectivity index (χ0) is 19.9. The predicted molar refractivity (Wildman–Crippen MR) is 113 cm³/mol. The maximum atomic E-state index is 12.2. The molecule has 1 aliphatic heterocycles. The molecule has 5 nitrogen and oxygen atoms in total. The Labute approximate surface area is 173 Å². The van der Waals surface area contributed by atoms with Crippen LogP contribution in [0.1, 0.15) is 10.9 Å². The van der Waals surface area contributed by atoms with Gasteiger partial charge in [0.05, 0.1) is 6.04 Å². The van der Waals surface area contributed by atoms with Gasteiger partial charge in [-0.15, -0.1) is 11.3 Å². The molecule has 1 unspecified atom stereocenters. The second-order valence-corrected chi connectivity index (χ2v) is 8.00. The van der Waals surface area contributed by atoms with Crippen LogP contribution >= 0.6 is 23.6 Å². The number of nitrogens with zero attached hydrogens (tertiary/aromatic N) is 2. The zero-order valence-electron chi connectivity index (χ0n) is 15.6. The normalized spacial score (nSPS) is 16.7. The molecule has 0 amide bonds. The van der Waals surface area contributed by atoms with E-state index in [1.807, 2.05) is 0 Å². The average Bonchev–Trinajstić information content (AvgIpc) is 3.19. The summed E-state index contributed by atoms with van der Waals surface area (Å²) in [7, 11) is 2.15. The maximum absolute atomic E-state index is 12.2. The van der Waals surface area contributed by atoms with Crippen molar-refractivity contribution in [1.82, 2.24) is 15.1 Å². The van der Waals surface area contributed by atoms with E-state index in [2.05, 4.69) is 49.7 Å². The molecule has 0 aliphatic carbocycles. The van der Waals surface area contributed by atoms with E-state index in [4.69, 9.17) is 12.2 Å². The topological polar surface area (TPSA) is 39.8 Å². The number of anilines is 1. The molecule has 152 valence electrons. The largest absolute Gasteiger partial charge is 0.435 e. The number of rotatable bonds is 7. The van der Waals surface area contributed by atoms with E-state index in [0.717, 1.165) is 26.2 Å². The molecule has 2 N–H and O–H groups in total. The first-order valence-corrected chi connectivity index (χ1v) is 10.4. The van der Waals surface area contributed by atoms with Gasteiger partial charge >= 0.3 is 6.61 Å². The average molecular weight is 427 g/mol. The summed E-state index contributed by atoms with van der Waals surface area (Å²) in [5.74, 6) is 0.118. The third-order valence-corrected chi connectivity index (χ3v) is 5.86. The fraction of sp³-hybridized carbons (Fsp3) is 0.421. The van der Waals surface area contributed by atoms with E-state index in [1.165, 1.54) is 17.0 Å². The molecule has 1 atom stereocenters. The van der Waals surface area contributed by atoms with Crippen LogP contribution < -0.4 is 15.4 Å². The van der Waals surface area contributed by atoms with Gasteiger partial charge in [-0.3, -0.25) is 4.90 Å². The molecule has 0 saturated carbocycles. The number of likely N-dealkylation sites (N-methyl/N-ethyl adjacent to an activating group) is 1. The Morgan fingerprint density at radius 2 is 1.89 bits per heavy atom. The van der Waals surface area contributed by atoms with Crippen LogP contribution in [0.4, 0.5) is 14.5 Å². The smallest absolute Gasteiger partial charge is 0.387 e. The summed E-state index contributed by atoms with van der Waals surface area (Å²) in [5, 5.41) is 8.98. The number of nitrogens with one attached hydrogen (secondary N) is 2. The molecule has 0 radical (unpaired) electrons. The van der Waals surface area contributed by atoms with Crippen molar-refractivity contribution >= 4 is 34.4 Å². The number of halogens is 2. The monoisotopic (exact) mass is 426 g/mol. The van der Waals surface area contributed by atoms with Gasteiger partial charge in [0.2, 0.25) is 0 Å². The molecule has 1 saturated heterocycles. The highest BCUT2D eigenvalue weighted by Crippen LogP contribution is 2.25. The van der Waals surface area contributed by atoms with E-state index in [-0.39, 0.29) is 11.8 Å². The molecule has 28 heavy (non-hydrogen) atoms. The van der Waals surface area contributed by atoms with Gasteiger partial charge in [0, 0.05) is 43.3 Å². The highest BCUT2D eigenvalue weighted by molar-refractivity contribution is 7.80. The number of alkyl halides is 2. The first kappa shape index (κ1) is 20.9. The fourth-order valence-corrected chi connectivity index (χ4v) is 4.17. The SMILES string of the molecule is CN1CCN(C(CNC(=S)Nc2ccc(OC(F)F)cc2)c2cccs2)CC1. The quantitative estimate of drug-likeness (QED) is 0.659. The standard InChI is InChI=1S/C19H24F2N4OS2/c1-24-8-10-25(11-9-24)16(17-3-2-12-28-17)13-22-19(27)23-14-4-6-15(7-5-14)26-18(20)21/h2-7,12,16,18H,8-11,13H2,1H3,(H2,22,23,27). The number of thiocarbonyl (C=S) groups is 1. The molecule has 2 aromatic rings. The van der Waals surface area contributed by atoms with Gasteiger partial charge in [-0.05, 0) is 55.0 Å². The van der Waals surface area contributed by atoms with Gasteiger partial charge in [0.15, 0.2) is 5.11 Å². The molecule has 3 rings (SSSR count). The minimum atomic E-state index is -2.83. The number of ether oxygens (including phenoxy) is 1. The Bertz CT molecular complexity index is 735. The summed E-state index contributed by atoms with van der Waals surface area (Å²) >= 11 is 7.16. The van der Waals surface area contributed by atoms with E-state index in [1.54, 1.807) is 23.5 Å². The van der Waals surface area contributed by atoms with Gasteiger partial charge in [0.1, 0.15) is 5.75 Å². The lowest BCUT2D eigenvalue weighted by Gasteiger charge is -2.37. The van der Waals surface area contributed by atoms with Gasteiger partial charge in [0.25, 0.3) is 0 Å². The van der Waals surface area contributed by atoms with E-state index < -0.39 is 6.61 Å². The first-order valence-electron chi connectivity index (χ1n) is 9.07. The maximum Gasteiger partial charge on any atom is 0.387 e. The van der Waals surface area contributed by atoms with Crippen LogP contribution in [0.25, 0.3) is 0 Å². The molecule has 1 aromatic heterocycles. The van der Waals surface area contributed by atoms with Crippen molar-refractivity contribution in [3.05, 3.63) is 46.7 Å². The Hall–Kier alpha value is -1.81. The van der Waals surface area contributed by atoms with Crippen molar-refractivity contribution in [2.75, 3.05) is 45.1 Å². The van der Waals surface area contributed by atoms with Crippen LogP contribution in [0.3, 0.4) is 0 Å². The van der Waals surface area contributed by atoms with Crippen LogP contribution in [-0.4, -0.2) is 61.3 Å². The second kappa shape index (κ2) is 10.1. The van der Waals surface area contributed by atoms with Crippen LogP contribution in [0.2, 0.25) is 0 Å². The van der Waals surface area contributed by atoms with Crippen LogP contribution in [0, 0.1) is 0 Å². The summed E-state index contributed by atoms with van der Waals surface area (Å²) in [6.45, 7) is 2.02. The summed E-state index contributed by atoms with van der Waals surface area (Å²) in [5.41, 5.74) is 0.714. The highest BCUT2D eigenvalue weighted by atomic mass is 32.1. The number of thiophene rings is 1. The molecule has 1 fully saturated rings. The fourth-order valence-electron chi connectivity index (χ4n) is 3.11. The van der Waals surface area contributed by atoms with Crippen LogP contribution in [0.5, 0.6) is 5.75 Å². The minimum Gasteiger partial charge on any atom is -0.435 e. The summed E-state index contributed by atoms with van der Waals surface area (Å²) in [6.07, 6.45) is 0. The molecule has 0 bridgehead atoms. The number of piperazine rings is 1. The Kier molecular flexibility index (Phi) is 7.55. The van der Waals surface area contributed by atoms with Crippen LogP contribution in [-0.2, 0) is 0 Å². The van der Waals surface area contributed by atoms with Gasteiger partial charge in [-0.1, -0.05) is 6.07 Å². The number of hydrogen-bond donors (Lipinski definition) is 2. The van der Waals surface area contributed by atoms with Crippen molar-refractivity contribution in [2.45, 2.75) is 12.7 Å². The number of hydrogen-bond acceptors (Lipinski definition) is 5. The van der Waals surface area contributed by atoms with E-state index in [9.17, 15) is 8.78 Å². The molecule has 9 heteroatoms. The van der Waals surface area contributed by atoms with Crippen molar-refractivity contribution in [2.24, 2.45) is 0 Å². The molecule has 0 spiro atoms. The lowest BCUT2D eigenvalue weighted by atomic mass is 10.1. The summed E-state index contributed by atoms with van der Waals surface area (Å²) in [4.78, 5) is 6.13. The molecular weight excluding hydrogens is 402 g/mol. The van der Waals surface area contributed by atoms with Gasteiger partial charge in [-0.2, -0.15) is 8.78 Å². The van der Waals surface area contributed by atoms with Gasteiger partial charge < -0.3 is 20.3 Å². The predicted octanol–water partition coefficient (Wildman–Crippen LogP) is 3.62. The van der Waals surface area contributed by atoms with E-state index in [0.29, 0.717) is 17.3 Å².